The summed E-state index contributed by atoms with van der Waals surface area (Å²) in [6, 6.07) is 14.0. The molecule has 28 heteroatoms. The quantitative estimate of drug-likeness (QED) is 0.0140. The van der Waals surface area contributed by atoms with Gasteiger partial charge in [-0.1, -0.05) is 5.21 Å². The molecule has 1 aliphatic rings. The molecule has 0 spiro atoms. The maximum absolute atomic E-state index is 13.3. The van der Waals surface area contributed by atoms with Crippen LogP contribution in [0.15, 0.2) is 71.5 Å². The number of fused-ring (bicyclic) bond motifs is 1. The molecule has 27 nitrogen and oxygen atoms in total. The van der Waals surface area contributed by atoms with Crippen molar-refractivity contribution < 1.29 is 76.3 Å². The van der Waals surface area contributed by atoms with Gasteiger partial charge in [-0.15, -0.1) is 5.10 Å². The monoisotopic (exact) mass is 1130 g/mol. The summed E-state index contributed by atoms with van der Waals surface area (Å²) >= 11 is 3.46. The number of halogens is 1. The summed E-state index contributed by atoms with van der Waals surface area (Å²) in [5, 5.41) is 33.7. The number of aromatic nitrogens is 4. The lowest BCUT2D eigenvalue weighted by atomic mass is 10.1. The highest BCUT2D eigenvalue weighted by atomic mass is 79.9. The third kappa shape index (κ3) is 18.2. The first-order chi connectivity index (χ1) is 37.0. The van der Waals surface area contributed by atoms with Gasteiger partial charge in [-0.2, -0.15) is 0 Å². The number of hydrogen-bond donors (Lipinski definition) is 2. The van der Waals surface area contributed by atoms with Crippen LogP contribution in [0.25, 0.3) is 10.9 Å². The van der Waals surface area contributed by atoms with Crippen molar-refractivity contribution in [2.75, 3.05) is 145 Å². The van der Waals surface area contributed by atoms with E-state index in [1.165, 1.54) is 36.4 Å². The first kappa shape index (κ1) is 58.5. The number of ketones is 1. The average molecular weight is 1130 g/mol. The first-order valence-electron chi connectivity index (χ1n) is 24.0. The molecular formula is C48H60BrN9O18. The van der Waals surface area contributed by atoms with E-state index in [1.807, 2.05) is 0 Å². The van der Waals surface area contributed by atoms with E-state index in [1.54, 1.807) is 52.2 Å². The van der Waals surface area contributed by atoms with E-state index in [9.17, 15) is 34.6 Å². The number of amides is 2. The van der Waals surface area contributed by atoms with Crippen molar-refractivity contribution in [3.8, 4) is 11.5 Å². The van der Waals surface area contributed by atoms with Crippen LogP contribution in [0, 0.1) is 20.2 Å². The maximum atomic E-state index is 13.3. The fraction of sp³-hybridized carbons (Fsp3) is 0.479. The zero-order valence-corrected chi connectivity index (χ0v) is 43.4. The normalized spacial score (nSPS) is 12.6. The number of benzene rings is 3. The van der Waals surface area contributed by atoms with Crippen LogP contribution in [-0.2, 0) is 60.6 Å². The molecule has 2 amide bonds. The number of aromatic amines is 1. The summed E-state index contributed by atoms with van der Waals surface area (Å²) in [7, 11) is 1.51. The van der Waals surface area contributed by atoms with Crippen molar-refractivity contribution >= 4 is 61.5 Å². The van der Waals surface area contributed by atoms with E-state index in [-0.39, 0.29) is 70.4 Å². The maximum Gasteiger partial charge on any atom is 0.299 e. The summed E-state index contributed by atoms with van der Waals surface area (Å²) < 4.78 is 62.4. The molecule has 0 aliphatic carbocycles. The molecular weight excluding hydrogens is 1070 g/mol. The molecule has 2 N–H and O–H groups in total. The van der Waals surface area contributed by atoms with Crippen molar-refractivity contribution in [1.29, 1.82) is 0 Å². The second-order valence-electron chi connectivity index (χ2n) is 16.2. The highest BCUT2D eigenvalue weighted by Crippen LogP contribution is 2.35. The van der Waals surface area contributed by atoms with Crippen LogP contribution in [0.5, 0.6) is 11.5 Å². The molecule has 2 aromatic heterocycles. The number of methoxy groups -OCH3 is 1. The number of nitro groups is 2. The molecule has 76 heavy (non-hydrogen) atoms. The number of rotatable bonds is 37. The zero-order valence-electron chi connectivity index (χ0n) is 41.8. The van der Waals surface area contributed by atoms with Gasteiger partial charge in [0.1, 0.15) is 37.4 Å². The van der Waals surface area contributed by atoms with Crippen LogP contribution in [0.2, 0.25) is 0 Å². The Morgan fingerprint density at radius 3 is 1.89 bits per heavy atom. The summed E-state index contributed by atoms with van der Waals surface area (Å²) in [6.07, 6.45) is 3.24. The lowest BCUT2D eigenvalue weighted by molar-refractivity contribution is -0.392. The van der Waals surface area contributed by atoms with E-state index in [0.717, 1.165) is 4.47 Å². The van der Waals surface area contributed by atoms with E-state index < -0.39 is 32.9 Å². The number of ether oxygens (including phenoxy) is 11. The number of nitrogens with one attached hydrogen (secondary N) is 2. The van der Waals surface area contributed by atoms with E-state index >= 15 is 0 Å². The number of hydrogen-bond acceptors (Lipinski definition) is 21. The number of carbonyl (C=O) groups excluding carboxylic acids is 3. The van der Waals surface area contributed by atoms with Crippen molar-refractivity contribution in [1.82, 2.24) is 29.8 Å². The van der Waals surface area contributed by atoms with E-state index in [4.69, 9.17) is 52.1 Å². The van der Waals surface area contributed by atoms with E-state index in [0.29, 0.717) is 126 Å². The smallest absolute Gasteiger partial charge is 0.299 e. The fourth-order valence-electron chi connectivity index (χ4n) is 7.36. The van der Waals surface area contributed by atoms with Gasteiger partial charge in [0.2, 0.25) is 0 Å². The Kier molecular flexibility index (Phi) is 24.6. The van der Waals surface area contributed by atoms with Crippen molar-refractivity contribution in [2.45, 2.75) is 13.2 Å². The summed E-state index contributed by atoms with van der Waals surface area (Å²) in [6.45, 7) is 5.78. The lowest BCUT2D eigenvalue weighted by Gasteiger charge is -2.34. The topological polar surface area (TPSA) is 304 Å². The van der Waals surface area contributed by atoms with Gasteiger partial charge in [0, 0.05) is 61.1 Å². The van der Waals surface area contributed by atoms with Crippen LogP contribution in [0.4, 0.5) is 17.1 Å². The van der Waals surface area contributed by atoms with Crippen molar-refractivity contribution in [3.05, 3.63) is 109 Å². The minimum atomic E-state index is -0.700. The van der Waals surface area contributed by atoms with Gasteiger partial charge in [0.25, 0.3) is 29.0 Å². The Morgan fingerprint density at radius 1 is 0.697 bits per heavy atom. The third-order valence-corrected chi connectivity index (χ3v) is 11.8. The van der Waals surface area contributed by atoms with Crippen LogP contribution < -0.4 is 14.8 Å². The average Bonchev–Trinajstić information content (AvgIpc) is 4.13. The molecule has 0 saturated carbocycles. The third-order valence-electron chi connectivity index (χ3n) is 11.1. The van der Waals surface area contributed by atoms with Crippen molar-refractivity contribution in [2.24, 2.45) is 0 Å². The second kappa shape index (κ2) is 32.0. The number of anilines is 1. The Bertz CT molecular complexity index is 2600. The van der Waals surface area contributed by atoms with Crippen LogP contribution in [0.3, 0.4) is 0 Å². The Balaban J connectivity index is 0.675. The number of nitro benzene ring substituents is 2. The standard InChI is InChI=1S/C48H60BrN9O18/c1-66-42-10-9-39(49)44-43(42)38(29-51-44)46(59)48(61)55-14-12-54(13-15-55)47(60)35-5-7-37(8-6-35)76-28-27-71-26-25-70-24-23-69-22-21-68-20-19-67-18-16-56-30-36(52-53-56)31-73-33-75-34-74-32-72-17-11-50-45-40(57(62)63)3-2-4-41(45)58(64)65/h2-10,29-30,50-51H,11-28,31-34H2,1H3. The van der Waals surface area contributed by atoms with Gasteiger partial charge in [0.15, 0.2) is 12.5 Å². The molecule has 5 aromatic rings. The van der Waals surface area contributed by atoms with Crippen molar-refractivity contribution in [3.63, 3.8) is 0 Å². The van der Waals surface area contributed by atoms with Crippen LogP contribution >= 0.6 is 15.9 Å². The lowest BCUT2D eigenvalue weighted by Crippen LogP contribution is -2.52. The molecule has 3 heterocycles. The van der Waals surface area contributed by atoms with E-state index in [2.05, 4.69) is 36.5 Å². The predicted molar refractivity (Wildman–Crippen MR) is 271 cm³/mol. The predicted octanol–water partition coefficient (Wildman–Crippen LogP) is 4.23. The van der Waals surface area contributed by atoms with Gasteiger partial charge >= 0.3 is 0 Å². The number of para-hydroxylation sites is 1. The highest BCUT2D eigenvalue weighted by molar-refractivity contribution is 9.10. The van der Waals surface area contributed by atoms with Gasteiger partial charge in [0.05, 0.1) is 125 Å². The first-order valence-corrected chi connectivity index (χ1v) is 24.8. The molecule has 1 aliphatic heterocycles. The minimum absolute atomic E-state index is 0.0611. The number of piperazine rings is 1. The Morgan fingerprint density at radius 2 is 1.28 bits per heavy atom. The summed E-state index contributed by atoms with van der Waals surface area (Å²) in [5.74, 6) is -0.374. The SMILES string of the molecule is COc1ccc(Br)c2[nH]cc(C(=O)C(=O)N3CCN(C(=O)c4ccc(OCCOCCOCCOCCOCCOCCn5cc(COCOCOCOCCNc6c([N+](=O)[O-])cccc6[N+](=O)[O-])nn5)cc4)CC3)c12. The molecule has 3 aromatic carbocycles. The second-order valence-corrected chi connectivity index (χ2v) is 17.0. The Hall–Kier alpha value is -6.73. The Labute approximate surface area is 444 Å². The minimum Gasteiger partial charge on any atom is -0.496 e. The zero-order chi connectivity index (χ0) is 53.9. The highest BCUT2D eigenvalue weighted by Gasteiger charge is 2.31. The van der Waals surface area contributed by atoms with Gasteiger partial charge in [-0.25, -0.2) is 4.68 Å². The molecule has 1 fully saturated rings. The fourth-order valence-corrected chi connectivity index (χ4v) is 7.81. The van der Waals surface area contributed by atoms with Crippen LogP contribution in [-0.4, -0.2) is 197 Å². The summed E-state index contributed by atoms with van der Waals surface area (Å²) in [4.78, 5) is 66.9. The number of Topliss-reactive ketones (excluding diaryl/α,β-unsaturated/α-hetero) is 1. The molecule has 0 atom stereocenters. The molecule has 1 saturated heterocycles. The molecule has 0 radical (unpaired) electrons. The van der Waals surface area contributed by atoms with Gasteiger partial charge in [-0.3, -0.25) is 34.6 Å². The molecule has 6 rings (SSSR count). The largest absolute Gasteiger partial charge is 0.496 e. The van der Waals surface area contributed by atoms with Crippen LogP contribution in [0.1, 0.15) is 26.4 Å². The number of nitrogens with zero attached hydrogens (tertiary/aromatic N) is 7. The molecule has 412 valence electrons. The number of carbonyl (C=O) groups is 3. The van der Waals surface area contributed by atoms with Gasteiger partial charge < -0.3 is 72.2 Å². The summed E-state index contributed by atoms with van der Waals surface area (Å²) in [5.41, 5.74) is 0.963. The van der Waals surface area contributed by atoms with Gasteiger partial charge in [-0.05, 0) is 58.4 Å². The number of H-pyrrole nitrogens is 1. The molecule has 0 unspecified atom stereocenters. The molecule has 0 bridgehead atoms.